The normalized spacial score (nSPS) is 23.1. The first-order chi connectivity index (χ1) is 8.77. The molecule has 0 amide bonds. The number of furan rings is 1. The highest BCUT2D eigenvalue weighted by molar-refractivity contribution is 5.92. The van der Waals surface area contributed by atoms with Gasteiger partial charge in [0.15, 0.2) is 6.10 Å². The van der Waals surface area contributed by atoms with Crippen LogP contribution in [0.25, 0.3) is 0 Å². The molecule has 0 spiro atoms. The Balaban J connectivity index is 2.04. The van der Waals surface area contributed by atoms with Crippen LogP contribution < -0.4 is 0 Å². The van der Waals surface area contributed by atoms with Crippen molar-refractivity contribution in [3.8, 4) is 0 Å². The molecule has 1 aromatic heterocycles. The van der Waals surface area contributed by atoms with E-state index in [-0.39, 0.29) is 11.9 Å². The Labute approximate surface area is 105 Å². The number of hydrogen-bond acceptors (Lipinski definition) is 3. The van der Waals surface area contributed by atoms with Gasteiger partial charge in [0.25, 0.3) is 0 Å². The van der Waals surface area contributed by atoms with E-state index in [1.165, 1.54) is 0 Å². The first kappa shape index (κ1) is 10.8. The fraction of sp³-hybridized carbons (Fsp3) is 0.133. The number of esters is 1. The molecule has 0 N–H and O–H groups in total. The Morgan fingerprint density at radius 2 is 1.83 bits per heavy atom. The third-order valence-corrected chi connectivity index (χ3v) is 3.16. The SMILES string of the molecule is C=C1C(=O)O[C@H](c2ccco2)[C@@H]1c1ccccc1. The van der Waals surface area contributed by atoms with E-state index in [1.807, 2.05) is 36.4 Å². The molecule has 0 saturated carbocycles. The molecule has 90 valence electrons. The molecule has 1 aliphatic rings. The Morgan fingerprint density at radius 1 is 1.06 bits per heavy atom. The number of hydrogen-bond donors (Lipinski definition) is 0. The molecule has 3 heteroatoms. The van der Waals surface area contributed by atoms with Crippen LogP contribution in [-0.4, -0.2) is 5.97 Å². The van der Waals surface area contributed by atoms with Gasteiger partial charge in [0.05, 0.1) is 12.2 Å². The maximum Gasteiger partial charge on any atom is 0.334 e. The van der Waals surface area contributed by atoms with Crippen molar-refractivity contribution in [1.29, 1.82) is 0 Å². The monoisotopic (exact) mass is 240 g/mol. The van der Waals surface area contributed by atoms with Crippen LogP contribution in [0, 0.1) is 0 Å². The highest BCUT2D eigenvalue weighted by Gasteiger charge is 2.41. The molecular weight excluding hydrogens is 228 g/mol. The van der Waals surface area contributed by atoms with Crippen LogP contribution in [0.4, 0.5) is 0 Å². The first-order valence-electron chi connectivity index (χ1n) is 5.75. The fourth-order valence-corrected chi connectivity index (χ4v) is 2.28. The summed E-state index contributed by atoms with van der Waals surface area (Å²) in [5.41, 5.74) is 1.48. The molecule has 2 atom stereocenters. The number of ether oxygens (including phenoxy) is 1. The minimum atomic E-state index is -0.414. The predicted octanol–water partition coefficient (Wildman–Crippen LogP) is 3.22. The van der Waals surface area contributed by atoms with Crippen molar-refractivity contribution in [2.45, 2.75) is 12.0 Å². The van der Waals surface area contributed by atoms with Crippen molar-refractivity contribution in [2.24, 2.45) is 0 Å². The van der Waals surface area contributed by atoms with Crippen molar-refractivity contribution >= 4 is 5.97 Å². The zero-order valence-corrected chi connectivity index (χ0v) is 9.71. The van der Waals surface area contributed by atoms with Gasteiger partial charge < -0.3 is 9.15 Å². The molecule has 18 heavy (non-hydrogen) atoms. The molecule has 2 aromatic rings. The molecule has 0 aliphatic carbocycles. The number of carbonyl (C=O) groups excluding carboxylic acids is 1. The van der Waals surface area contributed by atoms with Crippen LogP contribution in [-0.2, 0) is 9.53 Å². The van der Waals surface area contributed by atoms with Gasteiger partial charge in [0.1, 0.15) is 5.76 Å². The highest BCUT2D eigenvalue weighted by atomic mass is 16.6. The molecule has 0 radical (unpaired) electrons. The second kappa shape index (κ2) is 4.18. The third kappa shape index (κ3) is 1.64. The molecule has 1 fully saturated rings. The summed E-state index contributed by atoms with van der Waals surface area (Å²) in [5.74, 6) is 0.117. The third-order valence-electron chi connectivity index (χ3n) is 3.16. The standard InChI is InChI=1S/C15H12O3/c1-10-13(11-6-3-2-4-7-11)14(18-15(10)16)12-8-5-9-17-12/h2-9,13-14H,1H2/t13-,14+/m0/s1. The van der Waals surface area contributed by atoms with Crippen LogP contribution >= 0.6 is 0 Å². The lowest BCUT2D eigenvalue weighted by molar-refractivity contribution is -0.139. The van der Waals surface area contributed by atoms with E-state index in [0.717, 1.165) is 5.56 Å². The summed E-state index contributed by atoms with van der Waals surface area (Å²) < 4.78 is 10.7. The van der Waals surface area contributed by atoms with Crippen LogP contribution in [0.15, 0.2) is 65.3 Å². The minimum Gasteiger partial charge on any atom is -0.465 e. The second-order valence-electron chi connectivity index (χ2n) is 4.25. The molecule has 3 nitrogen and oxygen atoms in total. The van der Waals surface area contributed by atoms with E-state index in [0.29, 0.717) is 11.3 Å². The van der Waals surface area contributed by atoms with Gasteiger partial charge in [0, 0.05) is 5.57 Å². The average Bonchev–Trinajstić information content (AvgIpc) is 3.00. The summed E-state index contributed by atoms with van der Waals surface area (Å²) in [4.78, 5) is 11.7. The van der Waals surface area contributed by atoms with E-state index in [1.54, 1.807) is 12.3 Å². The van der Waals surface area contributed by atoms with Crippen LogP contribution in [0.2, 0.25) is 0 Å². The molecule has 1 aliphatic heterocycles. The van der Waals surface area contributed by atoms with Crippen molar-refractivity contribution in [3.63, 3.8) is 0 Å². The molecule has 2 heterocycles. The summed E-state index contributed by atoms with van der Waals surface area (Å²) >= 11 is 0. The maximum absolute atomic E-state index is 11.7. The Hall–Kier alpha value is -2.29. The van der Waals surface area contributed by atoms with E-state index >= 15 is 0 Å². The van der Waals surface area contributed by atoms with Gasteiger partial charge in [-0.05, 0) is 17.7 Å². The van der Waals surface area contributed by atoms with Gasteiger partial charge in [-0.25, -0.2) is 4.79 Å². The Bertz CT molecular complexity index is 569. The van der Waals surface area contributed by atoms with Gasteiger partial charge in [-0.3, -0.25) is 0 Å². The zero-order chi connectivity index (χ0) is 12.5. The minimum absolute atomic E-state index is 0.176. The molecule has 1 saturated heterocycles. The molecule has 1 aromatic carbocycles. The fourth-order valence-electron chi connectivity index (χ4n) is 2.28. The lowest BCUT2D eigenvalue weighted by atomic mass is 9.88. The molecule has 3 rings (SSSR count). The van der Waals surface area contributed by atoms with Gasteiger partial charge in [0.2, 0.25) is 0 Å². The number of rotatable bonds is 2. The molecule has 0 unspecified atom stereocenters. The van der Waals surface area contributed by atoms with Crippen LogP contribution in [0.3, 0.4) is 0 Å². The van der Waals surface area contributed by atoms with Crippen molar-refractivity contribution in [2.75, 3.05) is 0 Å². The lowest BCUT2D eigenvalue weighted by Gasteiger charge is -2.15. The summed E-state index contributed by atoms with van der Waals surface area (Å²) in [6.07, 6.45) is 1.16. The van der Waals surface area contributed by atoms with Crippen molar-refractivity contribution in [1.82, 2.24) is 0 Å². The largest absolute Gasteiger partial charge is 0.465 e. The second-order valence-corrected chi connectivity index (χ2v) is 4.25. The number of benzene rings is 1. The smallest absolute Gasteiger partial charge is 0.334 e. The lowest BCUT2D eigenvalue weighted by Crippen LogP contribution is -2.06. The predicted molar refractivity (Wildman–Crippen MR) is 65.9 cm³/mol. The number of carbonyl (C=O) groups is 1. The summed E-state index contributed by atoms with van der Waals surface area (Å²) in [6.45, 7) is 3.84. The zero-order valence-electron chi connectivity index (χ0n) is 9.71. The Kier molecular flexibility index (Phi) is 2.52. The maximum atomic E-state index is 11.7. The number of cyclic esters (lactones) is 1. The summed E-state index contributed by atoms with van der Waals surface area (Å²) in [7, 11) is 0. The topological polar surface area (TPSA) is 39.4 Å². The highest BCUT2D eigenvalue weighted by Crippen LogP contribution is 2.44. The van der Waals surface area contributed by atoms with Gasteiger partial charge >= 0.3 is 5.97 Å². The van der Waals surface area contributed by atoms with Crippen molar-refractivity contribution < 1.29 is 13.9 Å². The summed E-state index contributed by atoms with van der Waals surface area (Å²) in [6, 6.07) is 13.3. The summed E-state index contributed by atoms with van der Waals surface area (Å²) in [5, 5.41) is 0. The molecular formula is C15H12O3. The van der Waals surface area contributed by atoms with Gasteiger partial charge in [-0.1, -0.05) is 36.9 Å². The van der Waals surface area contributed by atoms with Crippen molar-refractivity contribution in [3.05, 3.63) is 72.2 Å². The van der Waals surface area contributed by atoms with Crippen LogP contribution in [0.1, 0.15) is 23.3 Å². The van der Waals surface area contributed by atoms with Gasteiger partial charge in [-0.2, -0.15) is 0 Å². The first-order valence-corrected chi connectivity index (χ1v) is 5.75. The van der Waals surface area contributed by atoms with E-state index in [4.69, 9.17) is 9.15 Å². The average molecular weight is 240 g/mol. The van der Waals surface area contributed by atoms with E-state index < -0.39 is 6.10 Å². The van der Waals surface area contributed by atoms with E-state index in [9.17, 15) is 4.79 Å². The van der Waals surface area contributed by atoms with Gasteiger partial charge in [-0.15, -0.1) is 0 Å². The van der Waals surface area contributed by atoms with E-state index in [2.05, 4.69) is 6.58 Å². The Morgan fingerprint density at radius 3 is 2.50 bits per heavy atom. The van der Waals surface area contributed by atoms with Crippen LogP contribution in [0.5, 0.6) is 0 Å². The molecule has 0 bridgehead atoms. The quantitative estimate of drug-likeness (QED) is 0.597.